The monoisotopic (exact) mass is 175 g/mol. The van der Waals surface area contributed by atoms with E-state index in [1.807, 2.05) is 4.90 Å². The van der Waals surface area contributed by atoms with Crippen LogP contribution in [0.25, 0.3) is 0 Å². The van der Waals surface area contributed by atoms with Crippen LogP contribution in [0.1, 0.15) is 25.7 Å². The molecular weight excluding hydrogens is 160 g/mol. The lowest BCUT2D eigenvalue weighted by molar-refractivity contribution is 0.217. The predicted molar refractivity (Wildman–Crippen MR) is 43.6 cm³/mol. The molecule has 1 heterocycles. The molecule has 2 rings (SSSR count). The van der Waals surface area contributed by atoms with Crippen LogP contribution in [0.3, 0.4) is 0 Å². The molecule has 1 aliphatic heterocycles. The van der Waals surface area contributed by atoms with E-state index in [0.717, 1.165) is 12.8 Å². The van der Waals surface area contributed by atoms with Gasteiger partial charge < -0.3 is 0 Å². The summed E-state index contributed by atoms with van der Waals surface area (Å²) in [7, 11) is 0. The topological polar surface area (TPSA) is 3.24 Å². The van der Waals surface area contributed by atoms with Crippen molar-refractivity contribution in [3.05, 3.63) is 0 Å². The highest BCUT2D eigenvalue weighted by Gasteiger charge is 2.36. The highest BCUT2D eigenvalue weighted by atomic mass is 19.2. The molecule has 12 heavy (non-hydrogen) atoms. The predicted octanol–water partition coefficient (Wildman–Crippen LogP) is 1.92. The molecule has 1 nitrogen and oxygen atoms in total. The lowest BCUT2D eigenvalue weighted by atomic mass is 10.2. The van der Waals surface area contributed by atoms with Gasteiger partial charge in [0.2, 0.25) is 0 Å². The van der Waals surface area contributed by atoms with Crippen LogP contribution in [0.15, 0.2) is 0 Å². The molecule has 0 unspecified atom stereocenters. The van der Waals surface area contributed by atoms with Gasteiger partial charge in [-0.3, -0.25) is 4.90 Å². The minimum absolute atomic E-state index is 0.325. The second kappa shape index (κ2) is 3.29. The quantitative estimate of drug-likeness (QED) is 0.588. The van der Waals surface area contributed by atoms with Gasteiger partial charge in [-0.2, -0.15) is 0 Å². The van der Waals surface area contributed by atoms with Gasteiger partial charge in [0.05, 0.1) is 0 Å². The van der Waals surface area contributed by atoms with E-state index in [4.69, 9.17) is 0 Å². The van der Waals surface area contributed by atoms with Crippen LogP contribution < -0.4 is 0 Å². The standard InChI is InChI=1S/C9H15F2N/c10-8-5-12(6-9(8)11)7-3-1-2-4-7/h7-9H,1-6H2/t8-,9+. The minimum atomic E-state index is -1.23. The maximum atomic E-state index is 12.8. The van der Waals surface area contributed by atoms with E-state index in [1.54, 1.807) is 0 Å². The zero-order valence-electron chi connectivity index (χ0n) is 7.18. The van der Waals surface area contributed by atoms with Gasteiger partial charge in [0.25, 0.3) is 0 Å². The van der Waals surface area contributed by atoms with Crippen LogP contribution in [0.2, 0.25) is 0 Å². The lowest BCUT2D eigenvalue weighted by Gasteiger charge is -2.21. The fraction of sp³-hybridized carbons (Fsp3) is 1.00. The summed E-state index contributed by atoms with van der Waals surface area (Å²) in [6.07, 6.45) is 2.28. The number of likely N-dealkylation sites (tertiary alicyclic amines) is 1. The SMILES string of the molecule is F[C@@H]1CN(C2CCCC2)C[C@@H]1F. The van der Waals surface area contributed by atoms with Gasteiger partial charge >= 0.3 is 0 Å². The fourth-order valence-corrected chi connectivity index (χ4v) is 2.32. The summed E-state index contributed by atoms with van der Waals surface area (Å²) in [6, 6.07) is 0.476. The van der Waals surface area contributed by atoms with Gasteiger partial charge in [-0.15, -0.1) is 0 Å². The summed E-state index contributed by atoms with van der Waals surface area (Å²) >= 11 is 0. The summed E-state index contributed by atoms with van der Waals surface area (Å²) in [5.74, 6) is 0. The molecule has 0 aromatic heterocycles. The smallest absolute Gasteiger partial charge is 0.145 e. The Hall–Kier alpha value is -0.180. The highest BCUT2D eigenvalue weighted by Crippen LogP contribution is 2.28. The third-order valence-electron chi connectivity index (χ3n) is 3.05. The Labute approximate surface area is 71.7 Å². The van der Waals surface area contributed by atoms with Crippen LogP contribution in [0.5, 0.6) is 0 Å². The normalized spacial score (nSPS) is 39.5. The van der Waals surface area contributed by atoms with Crippen LogP contribution in [-0.2, 0) is 0 Å². The van der Waals surface area contributed by atoms with Gasteiger partial charge in [-0.25, -0.2) is 8.78 Å². The van der Waals surface area contributed by atoms with Crippen molar-refractivity contribution in [2.45, 2.75) is 44.1 Å². The fourth-order valence-electron chi connectivity index (χ4n) is 2.32. The Morgan fingerprint density at radius 2 is 1.42 bits per heavy atom. The zero-order chi connectivity index (χ0) is 8.55. The third kappa shape index (κ3) is 1.47. The van der Waals surface area contributed by atoms with Crippen molar-refractivity contribution >= 4 is 0 Å². The van der Waals surface area contributed by atoms with Gasteiger partial charge in [0.1, 0.15) is 12.3 Å². The molecule has 0 bridgehead atoms. The van der Waals surface area contributed by atoms with Crippen LogP contribution in [0.4, 0.5) is 8.78 Å². The van der Waals surface area contributed by atoms with Crippen molar-refractivity contribution < 1.29 is 8.78 Å². The van der Waals surface area contributed by atoms with E-state index in [1.165, 1.54) is 12.8 Å². The van der Waals surface area contributed by atoms with E-state index in [-0.39, 0.29) is 0 Å². The largest absolute Gasteiger partial charge is 0.294 e. The molecule has 0 amide bonds. The summed E-state index contributed by atoms with van der Waals surface area (Å²) in [5.41, 5.74) is 0. The van der Waals surface area contributed by atoms with Crippen molar-refractivity contribution in [3.8, 4) is 0 Å². The Morgan fingerprint density at radius 3 is 1.92 bits per heavy atom. The van der Waals surface area contributed by atoms with Crippen molar-refractivity contribution in [3.63, 3.8) is 0 Å². The number of nitrogens with zero attached hydrogens (tertiary/aromatic N) is 1. The van der Waals surface area contributed by atoms with Crippen LogP contribution in [-0.4, -0.2) is 36.4 Å². The van der Waals surface area contributed by atoms with Gasteiger partial charge in [0.15, 0.2) is 0 Å². The Bertz CT molecular complexity index is 147. The molecule has 0 N–H and O–H groups in total. The number of halogens is 2. The first-order chi connectivity index (χ1) is 5.77. The number of hydrogen-bond donors (Lipinski definition) is 0. The van der Waals surface area contributed by atoms with Crippen LogP contribution >= 0.6 is 0 Å². The highest BCUT2D eigenvalue weighted by molar-refractivity contribution is 4.89. The molecular formula is C9H15F2N. The molecule has 0 spiro atoms. The maximum Gasteiger partial charge on any atom is 0.145 e. The third-order valence-corrected chi connectivity index (χ3v) is 3.05. The second-order valence-corrected chi connectivity index (χ2v) is 3.92. The first-order valence-corrected chi connectivity index (χ1v) is 4.79. The Morgan fingerprint density at radius 1 is 0.917 bits per heavy atom. The Kier molecular flexibility index (Phi) is 2.31. The molecule has 0 aromatic carbocycles. The molecule has 70 valence electrons. The van der Waals surface area contributed by atoms with E-state index >= 15 is 0 Å². The molecule has 2 atom stereocenters. The van der Waals surface area contributed by atoms with Crippen LogP contribution in [0, 0.1) is 0 Å². The van der Waals surface area contributed by atoms with E-state index in [9.17, 15) is 8.78 Å². The molecule has 3 heteroatoms. The van der Waals surface area contributed by atoms with Crippen molar-refractivity contribution in [2.24, 2.45) is 0 Å². The first-order valence-electron chi connectivity index (χ1n) is 4.79. The van der Waals surface area contributed by atoms with Gasteiger partial charge in [-0.1, -0.05) is 12.8 Å². The molecule has 1 saturated heterocycles. The maximum absolute atomic E-state index is 12.8. The molecule has 1 aliphatic carbocycles. The number of hydrogen-bond acceptors (Lipinski definition) is 1. The average Bonchev–Trinajstić information content (AvgIpc) is 2.61. The van der Waals surface area contributed by atoms with E-state index in [0.29, 0.717) is 19.1 Å². The van der Waals surface area contributed by atoms with Crippen molar-refractivity contribution in [1.29, 1.82) is 0 Å². The lowest BCUT2D eigenvalue weighted by Crippen LogP contribution is -2.31. The molecule has 1 saturated carbocycles. The molecule has 0 aromatic rings. The number of alkyl halides is 2. The minimum Gasteiger partial charge on any atom is -0.294 e. The first kappa shape index (κ1) is 8.42. The number of rotatable bonds is 1. The summed E-state index contributed by atoms with van der Waals surface area (Å²) < 4.78 is 25.6. The van der Waals surface area contributed by atoms with E-state index < -0.39 is 12.3 Å². The molecule has 0 radical (unpaired) electrons. The second-order valence-electron chi connectivity index (χ2n) is 3.92. The molecule has 2 aliphatic rings. The summed E-state index contributed by atoms with van der Waals surface area (Å²) in [5, 5.41) is 0. The van der Waals surface area contributed by atoms with Crippen molar-refractivity contribution in [1.82, 2.24) is 4.90 Å². The average molecular weight is 175 g/mol. The zero-order valence-corrected chi connectivity index (χ0v) is 7.18. The molecule has 2 fully saturated rings. The summed E-state index contributed by atoms with van der Waals surface area (Å²) in [4.78, 5) is 1.99. The van der Waals surface area contributed by atoms with Gasteiger partial charge in [-0.05, 0) is 12.8 Å². The van der Waals surface area contributed by atoms with E-state index in [2.05, 4.69) is 0 Å². The van der Waals surface area contributed by atoms with Gasteiger partial charge in [0, 0.05) is 19.1 Å². The Balaban J connectivity index is 1.89. The summed E-state index contributed by atoms with van der Waals surface area (Å²) in [6.45, 7) is 0.650. The van der Waals surface area contributed by atoms with Crippen molar-refractivity contribution in [2.75, 3.05) is 13.1 Å².